The molecule has 0 aromatic carbocycles. The van der Waals surface area contributed by atoms with Crippen LogP contribution in [0.2, 0.25) is 0 Å². The van der Waals surface area contributed by atoms with E-state index in [1.165, 1.54) is 11.3 Å². The monoisotopic (exact) mass is 254 g/mol. The molecular formula is C13H22N2O3. The summed E-state index contributed by atoms with van der Waals surface area (Å²) in [4.78, 5) is 24.3. The average molecular weight is 254 g/mol. The number of carboxylic acid groups (broad SMARTS) is 1. The molecule has 0 spiro atoms. The van der Waals surface area contributed by atoms with E-state index in [2.05, 4.69) is 12.2 Å². The van der Waals surface area contributed by atoms with Crippen LogP contribution in [0.1, 0.15) is 45.4 Å². The number of amides is 2. The molecule has 5 nitrogen and oxygen atoms in total. The maximum atomic E-state index is 12.1. The predicted octanol–water partition coefficient (Wildman–Crippen LogP) is 1.82. The molecule has 2 aliphatic carbocycles. The Balaban J connectivity index is 1.86. The van der Waals surface area contributed by atoms with Crippen LogP contribution in [-0.4, -0.2) is 40.6 Å². The summed E-state index contributed by atoms with van der Waals surface area (Å²) in [6.07, 6.45) is 6.27. The largest absolute Gasteiger partial charge is 0.480 e. The maximum absolute atomic E-state index is 12.1. The molecule has 2 saturated carbocycles. The predicted molar refractivity (Wildman–Crippen MR) is 67.3 cm³/mol. The van der Waals surface area contributed by atoms with Crippen LogP contribution in [0.5, 0.6) is 0 Å². The fourth-order valence-corrected chi connectivity index (χ4v) is 2.72. The highest BCUT2D eigenvalue weighted by molar-refractivity contribution is 5.80. The fourth-order valence-electron chi connectivity index (χ4n) is 2.72. The molecule has 2 aliphatic rings. The van der Waals surface area contributed by atoms with Gasteiger partial charge in [0.25, 0.3) is 0 Å². The molecule has 0 aromatic rings. The van der Waals surface area contributed by atoms with E-state index in [9.17, 15) is 9.59 Å². The van der Waals surface area contributed by atoms with Crippen LogP contribution in [0, 0.1) is 5.92 Å². The van der Waals surface area contributed by atoms with E-state index < -0.39 is 5.97 Å². The number of nitrogens with one attached hydrogen (secondary N) is 1. The molecule has 5 heteroatoms. The average Bonchev–Trinajstić information content (AvgIpc) is 3.09. The number of hydrogen-bond donors (Lipinski definition) is 2. The fraction of sp³-hybridized carbons (Fsp3) is 0.846. The van der Waals surface area contributed by atoms with Crippen LogP contribution in [0.4, 0.5) is 4.79 Å². The van der Waals surface area contributed by atoms with Gasteiger partial charge in [0.05, 0.1) is 0 Å². The molecule has 0 radical (unpaired) electrons. The van der Waals surface area contributed by atoms with Gasteiger partial charge in [0.1, 0.15) is 6.54 Å². The Kier molecular flexibility index (Phi) is 4.09. The lowest BCUT2D eigenvalue weighted by Crippen LogP contribution is -2.48. The lowest BCUT2D eigenvalue weighted by Gasteiger charge is -2.30. The van der Waals surface area contributed by atoms with Crippen molar-refractivity contribution in [2.75, 3.05) is 6.54 Å². The van der Waals surface area contributed by atoms with Gasteiger partial charge in [-0.1, -0.05) is 19.8 Å². The molecule has 2 fully saturated rings. The summed E-state index contributed by atoms with van der Waals surface area (Å²) in [5.41, 5.74) is 0. The summed E-state index contributed by atoms with van der Waals surface area (Å²) in [5.74, 6) is -0.285. The van der Waals surface area contributed by atoms with E-state index in [-0.39, 0.29) is 24.7 Å². The van der Waals surface area contributed by atoms with Crippen molar-refractivity contribution in [3.63, 3.8) is 0 Å². The summed E-state index contributed by atoms with van der Waals surface area (Å²) < 4.78 is 0. The number of urea groups is 1. The Bertz CT molecular complexity index is 328. The summed E-state index contributed by atoms with van der Waals surface area (Å²) in [6.45, 7) is 2.02. The van der Waals surface area contributed by atoms with Crippen LogP contribution in [-0.2, 0) is 4.79 Å². The van der Waals surface area contributed by atoms with Gasteiger partial charge in [0.15, 0.2) is 0 Å². The number of carboxylic acids is 1. The van der Waals surface area contributed by atoms with E-state index in [1.54, 1.807) is 0 Å². The first-order chi connectivity index (χ1) is 8.56. The van der Waals surface area contributed by atoms with Gasteiger partial charge >= 0.3 is 12.0 Å². The number of hydrogen-bond acceptors (Lipinski definition) is 2. The van der Waals surface area contributed by atoms with E-state index in [4.69, 9.17) is 5.11 Å². The Morgan fingerprint density at radius 1 is 1.28 bits per heavy atom. The molecule has 2 rings (SSSR count). The Morgan fingerprint density at radius 3 is 2.56 bits per heavy atom. The van der Waals surface area contributed by atoms with E-state index in [0.717, 1.165) is 32.1 Å². The van der Waals surface area contributed by atoms with Gasteiger partial charge in [-0.25, -0.2) is 4.79 Å². The number of carbonyl (C=O) groups excluding carboxylic acids is 1. The number of rotatable bonds is 4. The minimum Gasteiger partial charge on any atom is -0.480 e. The van der Waals surface area contributed by atoms with Crippen molar-refractivity contribution in [1.82, 2.24) is 10.2 Å². The second kappa shape index (κ2) is 5.59. The van der Waals surface area contributed by atoms with Gasteiger partial charge in [-0.2, -0.15) is 0 Å². The summed E-state index contributed by atoms with van der Waals surface area (Å²) >= 11 is 0. The molecule has 2 amide bonds. The number of carbonyl (C=O) groups is 2. The SMILES string of the molecule is CC1CCCC(NC(=O)N(CC(=O)O)C2CC2)C1. The van der Waals surface area contributed by atoms with Gasteiger partial charge in [0, 0.05) is 12.1 Å². The van der Waals surface area contributed by atoms with Crippen LogP contribution < -0.4 is 5.32 Å². The highest BCUT2D eigenvalue weighted by Crippen LogP contribution is 2.28. The minimum absolute atomic E-state index is 0.141. The van der Waals surface area contributed by atoms with E-state index in [0.29, 0.717) is 5.92 Å². The molecule has 0 saturated heterocycles. The molecule has 2 atom stereocenters. The third-order valence-corrected chi connectivity index (χ3v) is 3.82. The third-order valence-electron chi connectivity index (χ3n) is 3.82. The van der Waals surface area contributed by atoms with Crippen LogP contribution in [0.25, 0.3) is 0 Å². The zero-order valence-corrected chi connectivity index (χ0v) is 10.9. The Labute approximate surface area is 108 Å². The van der Waals surface area contributed by atoms with Crippen molar-refractivity contribution in [2.24, 2.45) is 5.92 Å². The van der Waals surface area contributed by atoms with Crippen molar-refractivity contribution in [2.45, 2.75) is 57.5 Å². The molecule has 0 heterocycles. The molecule has 18 heavy (non-hydrogen) atoms. The van der Waals surface area contributed by atoms with Crippen LogP contribution in [0.3, 0.4) is 0 Å². The lowest BCUT2D eigenvalue weighted by atomic mass is 9.87. The van der Waals surface area contributed by atoms with Gasteiger partial charge < -0.3 is 15.3 Å². The highest BCUT2D eigenvalue weighted by atomic mass is 16.4. The smallest absolute Gasteiger partial charge is 0.323 e. The van der Waals surface area contributed by atoms with Crippen molar-refractivity contribution < 1.29 is 14.7 Å². The first kappa shape index (κ1) is 13.2. The van der Waals surface area contributed by atoms with Gasteiger partial charge in [0.2, 0.25) is 0 Å². The Hall–Kier alpha value is -1.26. The summed E-state index contributed by atoms with van der Waals surface area (Å²) in [7, 11) is 0. The zero-order valence-electron chi connectivity index (χ0n) is 10.9. The maximum Gasteiger partial charge on any atom is 0.323 e. The lowest BCUT2D eigenvalue weighted by molar-refractivity contribution is -0.137. The standard InChI is InChI=1S/C13H22N2O3/c1-9-3-2-4-10(7-9)14-13(18)15(8-12(16)17)11-5-6-11/h9-11H,2-8H2,1H3,(H,14,18)(H,16,17). The highest BCUT2D eigenvalue weighted by Gasteiger charge is 2.35. The molecule has 0 aromatic heterocycles. The second-order valence-corrected chi connectivity index (χ2v) is 5.67. The molecule has 0 aliphatic heterocycles. The quantitative estimate of drug-likeness (QED) is 0.804. The van der Waals surface area contributed by atoms with E-state index >= 15 is 0 Å². The zero-order chi connectivity index (χ0) is 13.1. The molecule has 0 bridgehead atoms. The first-order valence-corrected chi connectivity index (χ1v) is 6.85. The molecule has 2 unspecified atom stereocenters. The molecular weight excluding hydrogens is 232 g/mol. The summed E-state index contributed by atoms with van der Waals surface area (Å²) in [5, 5.41) is 11.8. The second-order valence-electron chi connectivity index (χ2n) is 5.67. The van der Waals surface area contributed by atoms with Gasteiger partial charge in [-0.15, -0.1) is 0 Å². The normalized spacial score (nSPS) is 27.6. The first-order valence-electron chi connectivity index (χ1n) is 6.85. The van der Waals surface area contributed by atoms with Crippen molar-refractivity contribution >= 4 is 12.0 Å². The van der Waals surface area contributed by atoms with Crippen LogP contribution in [0.15, 0.2) is 0 Å². The van der Waals surface area contributed by atoms with E-state index in [1.807, 2.05) is 0 Å². The van der Waals surface area contributed by atoms with Crippen molar-refractivity contribution in [3.05, 3.63) is 0 Å². The molecule has 2 N–H and O–H groups in total. The Morgan fingerprint density at radius 2 is 2.00 bits per heavy atom. The molecule has 102 valence electrons. The van der Waals surface area contributed by atoms with Gasteiger partial charge in [-0.3, -0.25) is 4.79 Å². The number of nitrogens with zero attached hydrogens (tertiary/aromatic N) is 1. The number of aliphatic carboxylic acids is 1. The third kappa shape index (κ3) is 3.62. The van der Waals surface area contributed by atoms with Crippen molar-refractivity contribution in [1.29, 1.82) is 0 Å². The minimum atomic E-state index is -0.936. The topological polar surface area (TPSA) is 69.6 Å². The van der Waals surface area contributed by atoms with Crippen molar-refractivity contribution in [3.8, 4) is 0 Å². The van der Waals surface area contributed by atoms with Crippen LogP contribution >= 0.6 is 0 Å². The summed E-state index contributed by atoms with van der Waals surface area (Å²) in [6, 6.07) is 0.164. The van der Waals surface area contributed by atoms with Gasteiger partial charge in [-0.05, 0) is 31.6 Å².